The zero-order valence-electron chi connectivity index (χ0n) is 12.6. The molecule has 0 saturated heterocycles. The molecule has 0 aromatic heterocycles. The second-order valence-electron chi connectivity index (χ2n) is 4.70. The molecule has 0 aliphatic heterocycles. The van der Waals surface area contributed by atoms with Gasteiger partial charge in [-0.05, 0) is 31.0 Å². The van der Waals surface area contributed by atoms with Crippen LogP contribution in [0.3, 0.4) is 0 Å². The average Bonchev–Trinajstić information content (AvgIpc) is 2.44. The first kappa shape index (κ1) is 19.2. The number of nitrogens with zero attached hydrogens (tertiary/aromatic N) is 1. The summed E-state index contributed by atoms with van der Waals surface area (Å²) < 4.78 is 0. The minimum atomic E-state index is -0.161. The molecule has 0 spiro atoms. The van der Waals surface area contributed by atoms with Crippen LogP contribution in [0.2, 0.25) is 0 Å². The second-order valence-corrected chi connectivity index (χ2v) is 4.70. The van der Waals surface area contributed by atoms with Gasteiger partial charge in [0, 0.05) is 24.3 Å². The number of amides is 2. The number of nitrogen functional groups attached to an aromatic ring is 1. The lowest BCUT2D eigenvalue weighted by atomic mass is 10.1. The number of rotatable bonds is 7. The third-order valence-electron chi connectivity index (χ3n) is 2.82. The van der Waals surface area contributed by atoms with E-state index in [1.807, 2.05) is 13.8 Å². The molecule has 0 saturated carbocycles. The van der Waals surface area contributed by atoms with Gasteiger partial charge in [0.05, 0.1) is 6.54 Å². The van der Waals surface area contributed by atoms with Crippen LogP contribution in [0, 0.1) is 0 Å². The number of nitrogens with two attached hydrogens (primary N) is 1. The highest BCUT2D eigenvalue weighted by Gasteiger charge is 2.17. The molecule has 21 heavy (non-hydrogen) atoms. The van der Waals surface area contributed by atoms with Crippen LogP contribution in [-0.2, 0) is 4.79 Å². The van der Waals surface area contributed by atoms with Crippen molar-refractivity contribution in [3.8, 4) is 0 Å². The summed E-state index contributed by atoms with van der Waals surface area (Å²) in [5.74, 6) is -0.289. The summed E-state index contributed by atoms with van der Waals surface area (Å²) in [4.78, 5) is 25.7. The molecule has 0 aliphatic carbocycles. The molecular weight excluding hydrogens is 290 g/mol. The lowest BCUT2D eigenvalue weighted by molar-refractivity contribution is -0.121. The zero-order valence-corrected chi connectivity index (χ0v) is 13.4. The van der Waals surface area contributed by atoms with E-state index in [2.05, 4.69) is 5.32 Å². The Labute approximate surface area is 132 Å². The standard InChI is InChI=1S/C15H23N3O2.ClH/c1-3-8-17-14(19)11-18(9-4-2)15(20)12-6-5-7-13(16)10-12;/h5-7,10H,3-4,8-9,11,16H2,1-2H3,(H,17,19);1H. The van der Waals surface area contributed by atoms with Gasteiger partial charge in [0.1, 0.15) is 0 Å². The van der Waals surface area contributed by atoms with E-state index in [1.54, 1.807) is 29.2 Å². The summed E-state index contributed by atoms with van der Waals surface area (Å²) >= 11 is 0. The maximum Gasteiger partial charge on any atom is 0.254 e. The minimum Gasteiger partial charge on any atom is -0.399 e. The Hall–Kier alpha value is -1.75. The Morgan fingerprint density at radius 1 is 1.24 bits per heavy atom. The molecular formula is C15H24ClN3O2. The van der Waals surface area contributed by atoms with Gasteiger partial charge in [-0.3, -0.25) is 9.59 Å². The van der Waals surface area contributed by atoms with Gasteiger partial charge in [-0.1, -0.05) is 19.9 Å². The van der Waals surface area contributed by atoms with E-state index in [9.17, 15) is 9.59 Å². The fraction of sp³-hybridized carbons (Fsp3) is 0.467. The summed E-state index contributed by atoms with van der Waals surface area (Å²) in [6.07, 6.45) is 1.68. The number of carbonyl (C=O) groups excluding carboxylic acids is 2. The van der Waals surface area contributed by atoms with E-state index in [0.717, 1.165) is 12.8 Å². The molecule has 1 aromatic carbocycles. The zero-order chi connectivity index (χ0) is 15.0. The molecule has 6 heteroatoms. The minimum absolute atomic E-state index is 0. The molecule has 1 rings (SSSR count). The fourth-order valence-electron chi connectivity index (χ4n) is 1.87. The van der Waals surface area contributed by atoms with E-state index in [4.69, 9.17) is 5.73 Å². The predicted octanol–water partition coefficient (Wildman–Crippen LogP) is 2.07. The predicted molar refractivity (Wildman–Crippen MR) is 87.6 cm³/mol. The molecule has 0 bridgehead atoms. The van der Waals surface area contributed by atoms with Crippen molar-refractivity contribution < 1.29 is 9.59 Å². The number of halogens is 1. The van der Waals surface area contributed by atoms with E-state index in [0.29, 0.717) is 24.3 Å². The summed E-state index contributed by atoms with van der Waals surface area (Å²) in [6.45, 7) is 5.23. The average molecular weight is 314 g/mol. The van der Waals surface area contributed by atoms with Gasteiger partial charge in [-0.15, -0.1) is 12.4 Å². The summed E-state index contributed by atoms with van der Waals surface area (Å²) in [5.41, 5.74) is 6.75. The van der Waals surface area contributed by atoms with E-state index in [-0.39, 0.29) is 30.8 Å². The normalized spacial score (nSPS) is 9.62. The monoisotopic (exact) mass is 313 g/mol. The van der Waals surface area contributed by atoms with Crippen molar-refractivity contribution in [2.24, 2.45) is 0 Å². The molecule has 0 aliphatic rings. The van der Waals surface area contributed by atoms with E-state index in [1.165, 1.54) is 0 Å². The maximum atomic E-state index is 12.4. The molecule has 0 unspecified atom stereocenters. The number of benzene rings is 1. The molecule has 118 valence electrons. The van der Waals surface area contributed by atoms with Gasteiger partial charge in [-0.2, -0.15) is 0 Å². The maximum absolute atomic E-state index is 12.4. The largest absolute Gasteiger partial charge is 0.399 e. The van der Waals surface area contributed by atoms with Crippen molar-refractivity contribution in [2.75, 3.05) is 25.4 Å². The molecule has 0 radical (unpaired) electrons. The van der Waals surface area contributed by atoms with Gasteiger partial charge < -0.3 is 16.0 Å². The highest BCUT2D eigenvalue weighted by molar-refractivity contribution is 5.97. The van der Waals surface area contributed by atoms with Crippen LogP contribution in [0.1, 0.15) is 37.0 Å². The van der Waals surface area contributed by atoms with Crippen LogP contribution in [0.25, 0.3) is 0 Å². The highest BCUT2D eigenvalue weighted by atomic mass is 35.5. The number of hydrogen-bond acceptors (Lipinski definition) is 3. The summed E-state index contributed by atoms with van der Waals surface area (Å²) in [5, 5.41) is 2.78. The van der Waals surface area contributed by atoms with Crippen molar-refractivity contribution in [1.82, 2.24) is 10.2 Å². The van der Waals surface area contributed by atoms with Crippen molar-refractivity contribution >= 4 is 29.9 Å². The van der Waals surface area contributed by atoms with Crippen molar-refractivity contribution in [1.29, 1.82) is 0 Å². The van der Waals surface area contributed by atoms with Gasteiger partial charge >= 0.3 is 0 Å². The number of hydrogen-bond donors (Lipinski definition) is 2. The number of anilines is 1. The Kier molecular flexibility index (Phi) is 9.21. The van der Waals surface area contributed by atoms with Crippen LogP contribution in [0.5, 0.6) is 0 Å². The third-order valence-corrected chi connectivity index (χ3v) is 2.82. The molecule has 0 heterocycles. The van der Waals surface area contributed by atoms with Gasteiger partial charge in [0.2, 0.25) is 5.91 Å². The van der Waals surface area contributed by atoms with Crippen LogP contribution in [0.15, 0.2) is 24.3 Å². The van der Waals surface area contributed by atoms with Crippen LogP contribution >= 0.6 is 12.4 Å². The second kappa shape index (κ2) is 10.0. The van der Waals surface area contributed by atoms with E-state index < -0.39 is 0 Å². The first-order valence-electron chi connectivity index (χ1n) is 7.00. The number of nitrogens with one attached hydrogen (secondary N) is 1. The Balaban J connectivity index is 0.00000400. The number of carbonyl (C=O) groups is 2. The van der Waals surface area contributed by atoms with Crippen LogP contribution < -0.4 is 11.1 Å². The SMILES string of the molecule is CCCNC(=O)CN(CCC)C(=O)c1cccc(N)c1.Cl. The van der Waals surface area contributed by atoms with Crippen molar-refractivity contribution in [2.45, 2.75) is 26.7 Å². The Morgan fingerprint density at radius 2 is 1.95 bits per heavy atom. The first-order valence-corrected chi connectivity index (χ1v) is 7.00. The molecule has 3 N–H and O–H groups in total. The smallest absolute Gasteiger partial charge is 0.254 e. The molecule has 1 aromatic rings. The van der Waals surface area contributed by atoms with Gasteiger partial charge in [0.15, 0.2) is 0 Å². The third kappa shape index (κ3) is 6.49. The fourth-order valence-corrected chi connectivity index (χ4v) is 1.87. The van der Waals surface area contributed by atoms with E-state index >= 15 is 0 Å². The highest BCUT2D eigenvalue weighted by Crippen LogP contribution is 2.10. The quantitative estimate of drug-likeness (QED) is 0.757. The molecule has 0 fully saturated rings. The van der Waals surface area contributed by atoms with Crippen molar-refractivity contribution in [3.05, 3.63) is 29.8 Å². The van der Waals surface area contributed by atoms with Crippen LogP contribution in [-0.4, -0.2) is 36.3 Å². The van der Waals surface area contributed by atoms with Crippen LogP contribution in [0.4, 0.5) is 5.69 Å². The summed E-state index contributed by atoms with van der Waals surface area (Å²) in [6, 6.07) is 6.82. The van der Waals surface area contributed by atoms with Gasteiger partial charge in [0.25, 0.3) is 5.91 Å². The topological polar surface area (TPSA) is 75.4 Å². The Morgan fingerprint density at radius 3 is 2.52 bits per heavy atom. The molecule has 5 nitrogen and oxygen atoms in total. The summed E-state index contributed by atoms with van der Waals surface area (Å²) in [7, 11) is 0. The lowest BCUT2D eigenvalue weighted by Crippen LogP contribution is -2.41. The first-order chi connectivity index (χ1) is 9.58. The lowest BCUT2D eigenvalue weighted by Gasteiger charge is -2.21. The van der Waals surface area contributed by atoms with Crippen molar-refractivity contribution in [3.63, 3.8) is 0 Å². The molecule has 2 amide bonds. The van der Waals surface area contributed by atoms with Gasteiger partial charge in [-0.25, -0.2) is 0 Å². The Bertz CT molecular complexity index is 466. The molecule has 0 atom stereocenters.